The third-order valence-corrected chi connectivity index (χ3v) is 3.24. The van der Waals surface area contributed by atoms with Crippen LogP contribution in [0.4, 0.5) is 0 Å². The lowest BCUT2D eigenvalue weighted by atomic mass is 9.97. The summed E-state index contributed by atoms with van der Waals surface area (Å²) in [5.74, 6) is 1.37. The molecule has 0 bridgehead atoms. The number of Topliss-reactive ketones (excluding diaryl/α,β-unsaturated/α-hetero) is 1. The molecule has 0 aliphatic heterocycles. The van der Waals surface area contributed by atoms with Crippen molar-refractivity contribution in [2.45, 2.75) is 26.2 Å². The molecule has 1 atom stereocenters. The van der Waals surface area contributed by atoms with Gasteiger partial charge < -0.3 is 0 Å². The van der Waals surface area contributed by atoms with Gasteiger partial charge in [-0.2, -0.15) is 11.8 Å². The van der Waals surface area contributed by atoms with Crippen molar-refractivity contribution < 1.29 is 4.79 Å². The maximum absolute atomic E-state index is 11.6. The largest absolute Gasteiger partial charge is 0.293 e. The predicted molar refractivity (Wildman–Crippen MR) is 67.9 cm³/mol. The van der Waals surface area contributed by atoms with E-state index in [2.05, 4.69) is 26.0 Å². The first kappa shape index (κ1) is 12.3. The average molecular weight is 222 g/mol. The highest BCUT2D eigenvalue weighted by Crippen LogP contribution is 2.19. The van der Waals surface area contributed by atoms with Crippen LogP contribution in [-0.2, 0) is 0 Å². The lowest BCUT2D eigenvalue weighted by Crippen LogP contribution is -2.02. The molecule has 82 valence electrons. The van der Waals surface area contributed by atoms with Crippen molar-refractivity contribution in [3.8, 4) is 0 Å². The van der Waals surface area contributed by atoms with E-state index < -0.39 is 0 Å². The molecule has 0 spiro atoms. The van der Waals surface area contributed by atoms with Gasteiger partial charge in [0.25, 0.3) is 0 Å². The van der Waals surface area contributed by atoms with E-state index in [1.807, 2.05) is 18.4 Å². The molecule has 0 radical (unpaired) electrons. The van der Waals surface area contributed by atoms with Crippen molar-refractivity contribution in [3.05, 3.63) is 35.4 Å². The molecule has 0 amide bonds. The van der Waals surface area contributed by atoms with Crippen LogP contribution >= 0.6 is 11.8 Å². The molecule has 1 nitrogen and oxygen atoms in total. The van der Waals surface area contributed by atoms with Gasteiger partial charge in [-0.3, -0.25) is 4.79 Å². The molecule has 0 aliphatic rings. The zero-order valence-corrected chi connectivity index (χ0v) is 10.4. The summed E-state index contributed by atoms with van der Waals surface area (Å²) in [6.45, 7) is 4.39. The van der Waals surface area contributed by atoms with Gasteiger partial charge in [-0.1, -0.05) is 38.1 Å². The van der Waals surface area contributed by atoms with Gasteiger partial charge in [0, 0.05) is 5.56 Å². The van der Waals surface area contributed by atoms with Gasteiger partial charge in [0.15, 0.2) is 5.78 Å². The van der Waals surface area contributed by atoms with Gasteiger partial charge in [0.05, 0.1) is 5.75 Å². The van der Waals surface area contributed by atoms with Gasteiger partial charge in [0.2, 0.25) is 0 Å². The van der Waals surface area contributed by atoms with E-state index in [1.54, 1.807) is 11.8 Å². The van der Waals surface area contributed by atoms with E-state index in [-0.39, 0.29) is 5.78 Å². The van der Waals surface area contributed by atoms with E-state index in [4.69, 9.17) is 0 Å². The highest BCUT2D eigenvalue weighted by molar-refractivity contribution is 7.99. The number of carbonyl (C=O) groups is 1. The zero-order chi connectivity index (χ0) is 11.3. The Morgan fingerprint density at radius 3 is 2.40 bits per heavy atom. The predicted octanol–water partition coefficient (Wildman–Crippen LogP) is 3.75. The van der Waals surface area contributed by atoms with Crippen molar-refractivity contribution in [3.63, 3.8) is 0 Å². The lowest BCUT2D eigenvalue weighted by molar-refractivity contribution is 0.102. The first-order valence-corrected chi connectivity index (χ1v) is 6.70. The Morgan fingerprint density at radius 2 is 1.93 bits per heavy atom. The molecule has 0 aliphatic carbocycles. The van der Waals surface area contributed by atoms with Crippen molar-refractivity contribution in [2.24, 2.45) is 0 Å². The van der Waals surface area contributed by atoms with E-state index >= 15 is 0 Å². The minimum Gasteiger partial charge on any atom is -0.293 e. The van der Waals surface area contributed by atoms with Gasteiger partial charge in [0.1, 0.15) is 0 Å². The Kier molecular flexibility index (Phi) is 4.89. The van der Waals surface area contributed by atoms with Crippen molar-refractivity contribution in [2.75, 3.05) is 12.0 Å². The Bertz CT molecular complexity index is 316. The topological polar surface area (TPSA) is 17.1 Å². The molecule has 1 rings (SSSR count). The molecule has 1 unspecified atom stereocenters. The Morgan fingerprint density at radius 1 is 1.33 bits per heavy atom. The van der Waals surface area contributed by atoms with Gasteiger partial charge in [-0.15, -0.1) is 0 Å². The highest BCUT2D eigenvalue weighted by atomic mass is 32.2. The molecule has 0 aromatic heterocycles. The third kappa shape index (κ3) is 3.38. The molecule has 0 heterocycles. The molecule has 0 saturated heterocycles. The fourth-order valence-corrected chi connectivity index (χ4v) is 1.88. The van der Waals surface area contributed by atoms with Crippen LogP contribution in [0.15, 0.2) is 24.3 Å². The molecule has 0 fully saturated rings. The summed E-state index contributed by atoms with van der Waals surface area (Å²) < 4.78 is 0. The minimum absolute atomic E-state index is 0.221. The standard InChI is InChI=1S/C13H18OS/c1-4-10(2)11-5-7-12(8-6-11)13(14)9-15-3/h5-8,10H,4,9H2,1-3H3. The van der Waals surface area contributed by atoms with Gasteiger partial charge in [-0.25, -0.2) is 0 Å². The number of carbonyl (C=O) groups excluding carboxylic acids is 1. The maximum Gasteiger partial charge on any atom is 0.172 e. The quantitative estimate of drug-likeness (QED) is 0.706. The number of ketones is 1. The molecule has 0 saturated carbocycles. The van der Waals surface area contributed by atoms with Crippen LogP contribution in [0.1, 0.15) is 42.1 Å². The zero-order valence-electron chi connectivity index (χ0n) is 9.62. The van der Waals surface area contributed by atoms with E-state index in [0.717, 1.165) is 12.0 Å². The summed E-state index contributed by atoms with van der Waals surface area (Å²) >= 11 is 1.57. The minimum atomic E-state index is 0.221. The summed E-state index contributed by atoms with van der Waals surface area (Å²) in [5, 5.41) is 0. The Labute approximate surface area is 96.3 Å². The van der Waals surface area contributed by atoms with E-state index in [9.17, 15) is 4.79 Å². The van der Waals surface area contributed by atoms with Gasteiger partial charge >= 0.3 is 0 Å². The number of benzene rings is 1. The second-order valence-corrected chi connectivity index (χ2v) is 4.65. The molecule has 2 heteroatoms. The van der Waals surface area contributed by atoms with Crippen LogP contribution in [0.5, 0.6) is 0 Å². The molecule has 1 aromatic carbocycles. The van der Waals surface area contributed by atoms with Crippen LogP contribution in [-0.4, -0.2) is 17.8 Å². The van der Waals surface area contributed by atoms with Crippen LogP contribution in [0.25, 0.3) is 0 Å². The molecular weight excluding hydrogens is 204 g/mol. The number of rotatable bonds is 5. The van der Waals surface area contributed by atoms with Crippen LogP contribution < -0.4 is 0 Å². The van der Waals surface area contributed by atoms with Crippen molar-refractivity contribution >= 4 is 17.5 Å². The second kappa shape index (κ2) is 5.96. The highest BCUT2D eigenvalue weighted by Gasteiger charge is 2.06. The smallest absolute Gasteiger partial charge is 0.172 e. The third-order valence-electron chi connectivity index (χ3n) is 2.69. The van der Waals surface area contributed by atoms with Crippen molar-refractivity contribution in [1.29, 1.82) is 0 Å². The summed E-state index contributed by atoms with van der Waals surface area (Å²) in [6.07, 6.45) is 3.09. The van der Waals surface area contributed by atoms with Crippen LogP contribution in [0.2, 0.25) is 0 Å². The molecule has 1 aromatic rings. The summed E-state index contributed by atoms with van der Waals surface area (Å²) in [6, 6.07) is 8.03. The van der Waals surface area contributed by atoms with E-state index in [0.29, 0.717) is 11.7 Å². The fraction of sp³-hybridized carbons (Fsp3) is 0.462. The second-order valence-electron chi connectivity index (χ2n) is 3.79. The number of hydrogen-bond acceptors (Lipinski definition) is 2. The summed E-state index contributed by atoms with van der Waals surface area (Å²) in [4.78, 5) is 11.6. The van der Waals surface area contributed by atoms with Crippen LogP contribution in [0.3, 0.4) is 0 Å². The Balaban J connectivity index is 2.76. The SMILES string of the molecule is CCC(C)c1ccc(C(=O)CSC)cc1. The average Bonchev–Trinajstić information content (AvgIpc) is 2.28. The maximum atomic E-state index is 11.6. The lowest BCUT2D eigenvalue weighted by Gasteiger charge is -2.09. The summed E-state index contributed by atoms with van der Waals surface area (Å²) in [7, 11) is 0. The number of hydrogen-bond donors (Lipinski definition) is 0. The first-order valence-electron chi connectivity index (χ1n) is 5.31. The summed E-state index contributed by atoms with van der Waals surface area (Å²) in [5.41, 5.74) is 2.15. The van der Waals surface area contributed by atoms with Gasteiger partial charge in [-0.05, 0) is 24.2 Å². The molecule has 0 N–H and O–H groups in total. The molecule has 15 heavy (non-hydrogen) atoms. The van der Waals surface area contributed by atoms with Crippen LogP contribution in [0, 0.1) is 0 Å². The normalized spacial score (nSPS) is 12.5. The van der Waals surface area contributed by atoms with Crippen molar-refractivity contribution in [1.82, 2.24) is 0 Å². The monoisotopic (exact) mass is 222 g/mol. The number of thioether (sulfide) groups is 1. The Hall–Kier alpha value is -0.760. The first-order chi connectivity index (χ1) is 7.19. The fourth-order valence-electron chi connectivity index (χ4n) is 1.45. The molecular formula is C13H18OS. The van der Waals surface area contributed by atoms with E-state index in [1.165, 1.54) is 5.56 Å².